The zero-order valence-electron chi connectivity index (χ0n) is 14.4. The second-order valence-electron chi connectivity index (χ2n) is 7.06. The highest BCUT2D eigenvalue weighted by atomic mass is 79.9. The lowest BCUT2D eigenvalue weighted by atomic mass is 9.82. The van der Waals surface area contributed by atoms with Gasteiger partial charge in [0, 0.05) is 16.1 Å². The number of hydrogen-bond donors (Lipinski definition) is 1. The first-order valence-electron chi connectivity index (χ1n) is 8.92. The van der Waals surface area contributed by atoms with Crippen LogP contribution < -0.4 is 5.73 Å². The van der Waals surface area contributed by atoms with Crippen LogP contribution in [0.1, 0.15) is 42.7 Å². The maximum Gasteiger partial charge on any atom is 0.0353 e. The van der Waals surface area contributed by atoms with Crippen molar-refractivity contribution in [1.29, 1.82) is 0 Å². The second kappa shape index (κ2) is 8.17. The molecule has 2 aromatic rings. The molecule has 1 fully saturated rings. The summed E-state index contributed by atoms with van der Waals surface area (Å²) in [5.74, 6) is 1.23. The molecule has 1 saturated heterocycles. The molecule has 2 N–H and O–H groups in total. The van der Waals surface area contributed by atoms with E-state index in [2.05, 4.69) is 64.3 Å². The first kappa shape index (κ1) is 17.5. The Kier molecular flexibility index (Phi) is 5.96. The van der Waals surface area contributed by atoms with E-state index in [1.807, 2.05) is 12.1 Å². The maximum atomic E-state index is 6.33. The minimum absolute atomic E-state index is 0.378. The number of rotatable bonds is 5. The average molecular weight is 387 g/mol. The van der Waals surface area contributed by atoms with Crippen LogP contribution in [0.2, 0.25) is 0 Å². The van der Waals surface area contributed by atoms with Crippen LogP contribution in [-0.4, -0.2) is 25.0 Å². The van der Waals surface area contributed by atoms with Gasteiger partial charge in [-0.2, -0.15) is 0 Å². The molecule has 2 nitrogen and oxygen atoms in total. The highest BCUT2D eigenvalue weighted by Gasteiger charge is 2.21. The molecule has 1 heterocycles. The Morgan fingerprint density at radius 2 is 1.83 bits per heavy atom. The minimum atomic E-state index is 0.378. The van der Waals surface area contributed by atoms with Gasteiger partial charge in [0.15, 0.2) is 0 Å². The molecule has 0 saturated carbocycles. The van der Waals surface area contributed by atoms with Crippen LogP contribution in [0.4, 0.5) is 5.69 Å². The molecule has 0 radical (unpaired) electrons. The van der Waals surface area contributed by atoms with Gasteiger partial charge in [-0.25, -0.2) is 0 Å². The Labute approximate surface area is 154 Å². The Morgan fingerprint density at radius 1 is 1.12 bits per heavy atom. The van der Waals surface area contributed by atoms with Crippen molar-refractivity contribution in [3.8, 4) is 0 Å². The fourth-order valence-corrected chi connectivity index (χ4v) is 4.17. The SMILES string of the molecule is CN1CCC(CCC(c2ccccc2)c2cc(Br)ccc2N)CC1. The molecule has 24 heavy (non-hydrogen) atoms. The van der Waals surface area contributed by atoms with Gasteiger partial charge in [-0.05, 0) is 81.1 Å². The minimum Gasteiger partial charge on any atom is -0.398 e. The van der Waals surface area contributed by atoms with E-state index in [1.54, 1.807) is 0 Å². The van der Waals surface area contributed by atoms with Crippen molar-refractivity contribution in [3.05, 3.63) is 64.1 Å². The number of halogens is 1. The fraction of sp³-hybridized carbons (Fsp3) is 0.429. The monoisotopic (exact) mass is 386 g/mol. The molecule has 0 bridgehead atoms. The van der Waals surface area contributed by atoms with Crippen molar-refractivity contribution < 1.29 is 0 Å². The van der Waals surface area contributed by atoms with Crippen molar-refractivity contribution >= 4 is 21.6 Å². The number of hydrogen-bond acceptors (Lipinski definition) is 2. The van der Waals surface area contributed by atoms with E-state index in [0.717, 1.165) is 16.1 Å². The Bertz CT molecular complexity index is 648. The van der Waals surface area contributed by atoms with E-state index >= 15 is 0 Å². The lowest BCUT2D eigenvalue weighted by Crippen LogP contribution is -2.30. The van der Waals surface area contributed by atoms with Crippen LogP contribution in [0.15, 0.2) is 53.0 Å². The first-order chi connectivity index (χ1) is 11.6. The van der Waals surface area contributed by atoms with Gasteiger partial charge in [-0.1, -0.05) is 46.3 Å². The summed E-state index contributed by atoms with van der Waals surface area (Å²) in [6.45, 7) is 2.47. The number of nitrogens with zero attached hydrogens (tertiary/aromatic N) is 1. The summed E-state index contributed by atoms with van der Waals surface area (Å²) in [6.07, 6.45) is 5.09. The summed E-state index contributed by atoms with van der Waals surface area (Å²) in [6, 6.07) is 17.1. The van der Waals surface area contributed by atoms with Crippen molar-refractivity contribution in [3.63, 3.8) is 0 Å². The third-order valence-corrected chi connectivity index (χ3v) is 5.82. The number of piperidine rings is 1. The molecule has 1 unspecified atom stereocenters. The zero-order chi connectivity index (χ0) is 16.9. The average Bonchev–Trinajstić information content (AvgIpc) is 2.60. The molecule has 3 rings (SSSR count). The molecule has 0 aliphatic carbocycles. The van der Waals surface area contributed by atoms with Crippen LogP contribution in [0.5, 0.6) is 0 Å². The summed E-state index contributed by atoms with van der Waals surface area (Å²) in [5.41, 5.74) is 9.85. The number of nitrogen functional groups attached to an aromatic ring is 1. The Balaban J connectivity index is 1.79. The van der Waals surface area contributed by atoms with Crippen molar-refractivity contribution in [2.24, 2.45) is 5.92 Å². The lowest BCUT2D eigenvalue weighted by molar-refractivity contribution is 0.209. The van der Waals surface area contributed by atoms with E-state index in [0.29, 0.717) is 5.92 Å². The molecule has 2 aromatic carbocycles. The van der Waals surface area contributed by atoms with Gasteiger partial charge < -0.3 is 10.6 Å². The first-order valence-corrected chi connectivity index (χ1v) is 9.71. The van der Waals surface area contributed by atoms with Crippen molar-refractivity contribution in [1.82, 2.24) is 4.90 Å². The normalized spacial score (nSPS) is 17.8. The van der Waals surface area contributed by atoms with Gasteiger partial charge in [0.05, 0.1) is 0 Å². The highest BCUT2D eigenvalue weighted by Crippen LogP contribution is 2.36. The summed E-state index contributed by atoms with van der Waals surface area (Å²) in [7, 11) is 2.23. The molecular formula is C21H27BrN2. The largest absolute Gasteiger partial charge is 0.398 e. The van der Waals surface area contributed by atoms with Crippen LogP contribution in [-0.2, 0) is 0 Å². The number of anilines is 1. The summed E-state index contributed by atoms with van der Waals surface area (Å²) >= 11 is 3.61. The number of nitrogens with two attached hydrogens (primary N) is 1. The zero-order valence-corrected chi connectivity index (χ0v) is 16.0. The molecule has 0 spiro atoms. The molecule has 0 amide bonds. The highest BCUT2D eigenvalue weighted by molar-refractivity contribution is 9.10. The summed E-state index contributed by atoms with van der Waals surface area (Å²) in [4.78, 5) is 2.44. The predicted octanol–water partition coefficient (Wildman–Crippen LogP) is 5.29. The number of benzene rings is 2. The molecular weight excluding hydrogens is 360 g/mol. The van der Waals surface area contributed by atoms with Gasteiger partial charge in [0.2, 0.25) is 0 Å². The standard InChI is InChI=1S/C21H27BrN2/c1-24-13-11-16(12-14-24)7-9-19(17-5-3-2-4-6-17)20-15-18(22)8-10-21(20)23/h2-6,8,10,15-16,19H,7,9,11-14,23H2,1H3. The van der Waals surface area contributed by atoms with Crippen LogP contribution in [0.3, 0.4) is 0 Å². The third-order valence-electron chi connectivity index (χ3n) is 5.33. The van der Waals surface area contributed by atoms with E-state index in [-0.39, 0.29) is 0 Å². The predicted molar refractivity (Wildman–Crippen MR) is 106 cm³/mol. The maximum absolute atomic E-state index is 6.33. The fourth-order valence-electron chi connectivity index (χ4n) is 3.79. The quantitative estimate of drug-likeness (QED) is 0.707. The molecule has 0 aromatic heterocycles. The van der Waals surface area contributed by atoms with Gasteiger partial charge in [0.25, 0.3) is 0 Å². The summed E-state index contributed by atoms with van der Waals surface area (Å²) < 4.78 is 1.10. The van der Waals surface area contributed by atoms with Gasteiger partial charge in [-0.3, -0.25) is 0 Å². The number of likely N-dealkylation sites (tertiary alicyclic amines) is 1. The Hall–Kier alpha value is -1.32. The van der Waals surface area contributed by atoms with E-state index in [4.69, 9.17) is 5.73 Å². The van der Waals surface area contributed by atoms with E-state index in [9.17, 15) is 0 Å². The van der Waals surface area contributed by atoms with Crippen LogP contribution in [0.25, 0.3) is 0 Å². The summed E-state index contributed by atoms with van der Waals surface area (Å²) in [5, 5.41) is 0. The van der Waals surface area contributed by atoms with Crippen molar-refractivity contribution in [2.45, 2.75) is 31.6 Å². The second-order valence-corrected chi connectivity index (χ2v) is 7.98. The molecule has 1 atom stereocenters. The molecule has 128 valence electrons. The molecule has 3 heteroatoms. The Morgan fingerprint density at radius 3 is 2.54 bits per heavy atom. The van der Waals surface area contributed by atoms with Gasteiger partial charge >= 0.3 is 0 Å². The van der Waals surface area contributed by atoms with Gasteiger partial charge in [0.1, 0.15) is 0 Å². The third kappa shape index (κ3) is 4.40. The van der Waals surface area contributed by atoms with Crippen molar-refractivity contribution in [2.75, 3.05) is 25.9 Å². The molecule has 1 aliphatic rings. The van der Waals surface area contributed by atoms with Crippen LogP contribution in [0, 0.1) is 5.92 Å². The lowest BCUT2D eigenvalue weighted by Gasteiger charge is -2.30. The molecule has 1 aliphatic heterocycles. The van der Waals surface area contributed by atoms with E-state index < -0.39 is 0 Å². The van der Waals surface area contributed by atoms with Crippen LogP contribution >= 0.6 is 15.9 Å². The topological polar surface area (TPSA) is 29.3 Å². The van der Waals surface area contributed by atoms with E-state index in [1.165, 1.54) is 49.9 Å². The smallest absolute Gasteiger partial charge is 0.0353 e. The van der Waals surface area contributed by atoms with Gasteiger partial charge in [-0.15, -0.1) is 0 Å².